The predicted octanol–water partition coefficient (Wildman–Crippen LogP) is 8.07. The van der Waals surface area contributed by atoms with Crippen LogP contribution in [-0.4, -0.2) is 74.0 Å². The van der Waals surface area contributed by atoms with Gasteiger partial charge < -0.3 is 20.4 Å². The van der Waals surface area contributed by atoms with Crippen LogP contribution in [0.15, 0.2) is 24.3 Å². The molecule has 0 bridgehead atoms. The van der Waals surface area contributed by atoms with Gasteiger partial charge in [0.15, 0.2) is 0 Å². The summed E-state index contributed by atoms with van der Waals surface area (Å²) in [5.41, 5.74) is 1.08. The van der Waals surface area contributed by atoms with Crippen molar-refractivity contribution in [1.29, 1.82) is 0 Å². The van der Waals surface area contributed by atoms with Crippen molar-refractivity contribution in [2.24, 2.45) is 0 Å². The standard InChI is InChI=1S/C36H66N4O2/c1-5-9-11-13-15-17-19-21-28-39(7-3)30-26-37-35(41)33-24-23-25-34(32-33)36(42)38-27-31-40(8-4)29-22-20-18-16-14-12-10-6-2/h23-25,32H,5-22,26-31H2,1-4H3,(H,37,41)(H,38,42). The van der Waals surface area contributed by atoms with Crippen LogP contribution in [0.5, 0.6) is 0 Å². The van der Waals surface area contributed by atoms with Crippen LogP contribution in [0.3, 0.4) is 0 Å². The van der Waals surface area contributed by atoms with E-state index in [9.17, 15) is 9.59 Å². The molecule has 0 aliphatic heterocycles. The zero-order valence-corrected chi connectivity index (χ0v) is 28.0. The van der Waals surface area contributed by atoms with Crippen molar-refractivity contribution in [1.82, 2.24) is 20.4 Å². The fourth-order valence-corrected chi connectivity index (χ4v) is 5.46. The van der Waals surface area contributed by atoms with Crippen LogP contribution >= 0.6 is 0 Å². The van der Waals surface area contributed by atoms with Gasteiger partial charge in [0.1, 0.15) is 0 Å². The first-order valence-electron chi connectivity index (χ1n) is 17.7. The SMILES string of the molecule is CCCCCCCCCCN(CC)CCNC(=O)c1cccc(C(=O)NCCN(CC)CCCCCCCCCC)c1. The van der Waals surface area contributed by atoms with Gasteiger partial charge in [-0.1, -0.05) is 124 Å². The molecule has 0 heterocycles. The van der Waals surface area contributed by atoms with Crippen molar-refractivity contribution >= 4 is 11.8 Å². The lowest BCUT2D eigenvalue weighted by atomic mass is 10.1. The second-order valence-electron chi connectivity index (χ2n) is 11.9. The van der Waals surface area contributed by atoms with Crippen molar-refractivity contribution in [3.63, 3.8) is 0 Å². The van der Waals surface area contributed by atoms with E-state index in [1.54, 1.807) is 24.3 Å². The first kappa shape index (κ1) is 38.1. The maximum Gasteiger partial charge on any atom is 0.251 e. The molecule has 2 amide bonds. The molecule has 6 heteroatoms. The third-order valence-corrected chi connectivity index (χ3v) is 8.36. The molecule has 0 unspecified atom stereocenters. The van der Waals surface area contributed by atoms with Crippen LogP contribution < -0.4 is 10.6 Å². The third-order valence-electron chi connectivity index (χ3n) is 8.36. The summed E-state index contributed by atoms with van der Waals surface area (Å²) in [5.74, 6) is -0.231. The molecule has 0 fully saturated rings. The quantitative estimate of drug-likeness (QED) is 0.0975. The Morgan fingerprint density at radius 1 is 0.524 bits per heavy atom. The molecule has 0 saturated carbocycles. The highest BCUT2D eigenvalue weighted by Gasteiger charge is 2.12. The van der Waals surface area contributed by atoms with Gasteiger partial charge in [0.25, 0.3) is 11.8 Å². The second kappa shape index (κ2) is 26.7. The minimum absolute atomic E-state index is 0.115. The summed E-state index contributed by atoms with van der Waals surface area (Å²) in [6.07, 6.45) is 21.2. The van der Waals surface area contributed by atoms with E-state index in [0.29, 0.717) is 24.2 Å². The van der Waals surface area contributed by atoms with E-state index in [1.807, 2.05) is 0 Å². The Bertz CT molecular complexity index is 739. The molecule has 1 aromatic rings. The molecule has 0 saturated heterocycles. The molecule has 0 spiro atoms. The van der Waals surface area contributed by atoms with Crippen LogP contribution in [0.2, 0.25) is 0 Å². The normalized spacial score (nSPS) is 11.4. The van der Waals surface area contributed by atoms with Crippen molar-refractivity contribution in [2.75, 3.05) is 52.4 Å². The van der Waals surface area contributed by atoms with E-state index >= 15 is 0 Å². The van der Waals surface area contributed by atoms with Gasteiger partial charge >= 0.3 is 0 Å². The van der Waals surface area contributed by atoms with E-state index < -0.39 is 0 Å². The highest BCUT2D eigenvalue weighted by Crippen LogP contribution is 2.10. The first-order chi connectivity index (χ1) is 20.5. The van der Waals surface area contributed by atoms with Crippen LogP contribution in [0.1, 0.15) is 151 Å². The Hall–Kier alpha value is -1.92. The lowest BCUT2D eigenvalue weighted by Crippen LogP contribution is -2.36. The minimum atomic E-state index is -0.115. The smallest absolute Gasteiger partial charge is 0.251 e. The fourth-order valence-electron chi connectivity index (χ4n) is 5.46. The summed E-state index contributed by atoms with van der Waals surface area (Å²) < 4.78 is 0. The number of rotatable bonds is 28. The van der Waals surface area contributed by atoms with Crippen LogP contribution in [0, 0.1) is 0 Å². The average molecular weight is 587 g/mol. The van der Waals surface area contributed by atoms with E-state index in [1.165, 1.54) is 103 Å². The van der Waals surface area contributed by atoms with Gasteiger partial charge in [0, 0.05) is 37.3 Å². The van der Waals surface area contributed by atoms with E-state index in [0.717, 1.165) is 39.3 Å². The summed E-state index contributed by atoms with van der Waals surface area (Å²) in [7, 11) is 0. The summed E-state index contributed by atoms with van der Waals surface area (Å²) >= 11 is 0. The van der Waals surface area contributed by atoms with Gasteiger partial charge in [-0.2, -0.15) is 0 Å². The maximum absolute atomic E-state index is 12.8. The topological polar surface area (TPSA) is 64.7 Å². The summed E-state index contributed by atoms with van der Waals surface area (Å²) in [4.78, 5) is 30.4. The lowest BCUT2D eigenvalue weighted by Gasteiger charge is -2.21. The summed E-state index contributed by atoms with van der Waals surface area (Å²) in [5, 5.41) is 6.10. The number of benzene rings is 1. The Morgan fingerprint density at radius 2 is 0.881 bits per heavy atom. The molecule has 0 aliphatic rings. The van der Waals surface area contributed by atoms with E-state index in [4.69, 9.17) is 0 Å². The van der Waals surface area contributed by atoms with Crippen LogP contribution in [0.4, 0.5) is 0 Å². The molecule has 42 heavy (non-hydrogen) atoms. The molecule has 1 rings (SSSR count). The van der Waals surface area contributed by atoms with Gasteiger partial charge in [0.05, 0.1) is 0 Å². The maximum atomic E-state index is 12.8. The number of carbonyl (C=O) groups is 2. The highest BCUT2D eigenvalue weighted by molar-refractivity contribution is 5.99. The van der Waals surface area contributed by atoms with Crippen LogP contribution in [0.25, 0.3) is 0 Å². The molecular formula is C36H66N4O2. The minimum Gasteiger partial charge on any atom is -0.351 e. The molecular weight excluding hydrogens is 520 g/mol. The molecule has 0 aromatic heterocycles. The Balaban J connectivity index is 2.28. The number of likely N-dealkylation sites (N-methyl/N-ethyl adjacent to an activating group) is 2. The molecule has 0 atom stereocenters. The van der Waals surface area contributed by atoms with Crippen molar-refractivity contribution in [3.05, 3.63) is 35.4 Å². The molecule has 0 aliphatic carbocycles. The number of nitrogens with one attached hydrogen (secondary N) is 2. The highest BCUT2D eigenvalue weighted by atomic mass is 16.2. The average Bonchev–Trinajstić information content (AvgIpc) is 3.01. The van der Waals surface area contributed by atoms with E-state index in [2.05, 4.69) is 48.1 Å². The number of hydrogen-bond acceptors (Lipinski definition) is 4. The number of amides is 2. The summed E-state index contributed by atoms with van der Waals surface area (Å²) in [6.45, 7) is 16.0. The molecule has 0 radical (unpaired) electrons. The number of unbranched alkanes of at least 4 members (excludes halogenated alkanes) is 14. The van der Waals surface area contributed by atoms with Gasteiger partial charge in [0.2, 0.25) is 0 Å². The molecule has 2 N–H and O–H groups in total. The van der Waals surface area contributed by atoms with Crippen molar-refractivity contribution in [3.8, 4) is 0 Å². The van der Waals surface area contributed by atoms with Gasteiger partial charge in [-0.05, 0) is 57.2 Å². The Kier molecular flexibility index (Phi) is 24.2. The van der Waals surface area contributed by atoms with E-state index in [-0.39, 0.29) is 11.8 Å². The number of carbonyl (C=O) groups excluding carboxylic acids is 2. The number of nitrogens with zero attached hydrogens (tertiary/aromatic N) is 2. The predicted molar refractivity (Wildman–Crippen MR) is 181 cm³/mol. The Morgan fingerprint density at radius 3 is 1.24 bits per heavy atom. The number of hydrogen-bond donors (Lipinski definition) is 2. The summed E-state index contributed by atoms with van der Waals surface area (Å²) in [6, 6.07) is 7.07. The fraction of sp³-hybridized carbons (Fsp3) is 0.778. The van der Waals surface area contributed by atoms with Gasteiger partial charge in [-0.3, -0.25) is 9.59 Å². The van der Waals surface area contributed by atoms with Crippen molar-refractivity contribution in [2.45, 2.75) is 130 Å². The van der Waals surface area contributed by atoms with Gasteiger partial charge in [-0.25, -0.2) is 0 Å². The largest absolute Gasteiger partial charge is 0.351 e. The first-order valence-corrected chi connectivity index (χ1v) is 17.7. The molecule has 6 nitrogen and oxygen atoms in total. The Labute approximate surface area is 259 Å². The van der Waals surface area contributed by atoms with Gasteiger partial charge in [-0.15, -0.1) is 0 Å². The van der Waals surface area contributed by atoms with Crippen molar-refractivity contribution < 1.29 is 9.59 Å². The molecule has 242 valence electrons. The zero-order chi connectivity index (χ0) is 30.7. The third kappa shape index (κ3) is 19.3. The van der Waals surface area contributed by atoms with Crippen LogP contribution in [-0.2, 0) is 0 Å². The monoisotopic (exact) mass is 587 g/mol. The lowest BCUT2D eigenvalue weighted by molar-refractivity contribution is 0.0947. The molecule has 1 aromatic carbocycles. The zero-order valence-electron chi connectivity index (χ0n) is 28.0. The second-order valence-corrected chi connectivity index (χ2v) is 11.9.